The lowest BCUT2D eigenvalue weighted by Gasteiger charge is -2.34. The van der Waals surface area contributed by atoms with Crippen molar-refractivity contribution in [1.82, 2.24) is 0 Å². The van der Waals surface area contributed by atoms with Gasteiger partial charge in [0.25, 0.3) is 0 Å². The third kappa shape index (κ3) is 10.4. The highest BCUT2D eigenvalue weighted by Gasteiger charge is 2.36. The van der Waals surface area contributed by atoms with Crippen LogP contribution in [0.15, 0.2) is 0 Å². The van der Waals surface area contributed by atoms with E-state index in [0.29, 0.717) is 0 Å². The summed E-state index contributed by atoms with van der Waals surface area (Å²) in [4.78, 5) is 24.2. The van der Waals surface area contributed by atoms with Crippen molar-refractivity contribution in [2.45, 2.75) is 163 Å². The van der Waals surface area contributed by atoms with Gasteiger partial charge in [0.05, 0.1) is 10.8 Å². The Morgan fingerprint density at radius 3 is 1.06 bits per heavy atom. The van der Waals surface area contributed by atoms with Gasteiger partial charge in [-0.05, 0) is 106 Å². The van der Waals surface area contributed by atoms with Crippen molar-refractivity contribution in [2.24, 2.45) is 10.8 Å². The van der Waals surface area contributed by atoms with Crippen molar-refractivity contribution in [1.29, 1.82) is 0 Å². The zero-order chi connectivity index (χ0) is 25.2. The van der Waals surface area contributed by atoms with E-state index in [2.05, 4.69) is 13.8 Å². The number of esters is 2. The molecule has 194 valence electrons. The van der Waals surface area contributed by atoms with Crippen LogP contribution in [0.3, 0.4) is 0 Å². The first-order valence-electron chi connectivity index (χ1n) is 13.8. The fourth-order valence-electron chi connectivity index (χ4n) is 4.35. The Morgan fingerprint density at radius 1 is 0.576 bits per heavy atom. The molecule has 2 aliphatic carbocycles. The maximum absolute atomic E-state index is 12.1. The average molecular weight is 467 g/mol. The second-order valence-electron chi connectivity index (χ2n) is 12.3. The maximum Gasteiger partial charge on any atom is 0.312 e. The molecule has 4 heteroatoms. The monoisotopic (exact) mass is 466 g/mol. The molecule has 0 aromatic rings. The van der Waals surface area contributed by atoms with Gasteiger partial charge in [0, 0.05) is 0 Å². The van der Waals surface area contributed by atoms with Crippen LogP contribution in [0.5, 0.6) is 0 Å². The SMILES string of the molecule is CCC(C)(C)C(=O)OC1(C)CCCCCC1.CCC(C)(C)C(=O)OC1(C)CCCCCCC1. The topological polar surface area (TPSA) is 52.6 Å². The highest BCUT2D eigenvalue weighted by molar-refractivity contribution is 5.76. The van der Waals surface area contributed by atoms with Crippen molar-refractivity contribution in [3.63, 3.8) is 0 Å². The molecule has 0 atom stereocenters. The first kappa shape index (κ1) is 30.0. The lowest BCUT2D eigenvalue weighted by atomic mass is 9.86. The Hall–Kier alpha value is -1.06. The van der Waals surface area contributed by atoms with Gasteiger partial charge in [0.15, 0.2) is 0 Å². The molecule has 0 radical (unpaired) electrons. The number of hydrogen-bond acceptors (Lipinski definition) is 4. The van der Waals surface area contributed by atoms with Gasteiger partial charge in [-0.3, -0.25) is 9.59 Å². The number of carbonyl (C=O) groups excluding carboxylic acids is 2. The molecule has 0 saturated heterocycles. The third-order valence-electron chi connectivity index (χ3n) is 8.12. The molecular weight excluding hydrogens is 412 g/mol. The van der Waals surface area contributed by atoms with Gasteiger partial charge in [-0.25, -0.2) is 0 Å². The molecule has 0 unspecified atom stereocenters. The van der Waals surface area contributed by atoms with Crippen LogP contribution in [0, 0.1) is 10.8 Å². The summed E-state index contributed by atoms with van der Waals surface area (Å²) in [5.41, 5.74) is -1.11. The van der Waals surface area contributed by atoms with Gasteiger partial charge in [-0.15, -0.1) is 0 Å². The Balaban J connectivity index is 0.000000331. The second-order valence-corrected chi connectivity index (χ2v) is 12.3. The van der Waals surface area contributed by atoms with Crippen LogP contribution in [0.25, 0.3) is 0 Å². The van der Waals surface area contributed by atoms with Gasteiger partial charge in [-0.1, -0.05) is 46.0 Å². The smallest absolute Gasteiger partial charge is 0.312 e. The van der Waals surface area contributed by atoms with Crippen LogP contribution >= 0.6 is 0 Å². The molecule has 2 fully saturated rings. The van der Waals surface area contributed by atoms with E-state index < -0.39 is 0 Å². The number of rotatable bonds is 6. The highest BCUT2D eigenvalue weighted by Crippen LogP contribution is 2.34. The van der Waals surface area contributed by atoms with Gasteiger partial charge in [-0.2, -0.15) is 0 Å². The molecule has 0 aliphatic heterocycles. The molecule has 0 spiro atoms. The quantitative estimate of drug-likeness (QED) is 0.290. The summed E-state index contributed by atoms with van der Waals surface area (Å²) in [6.07, 6.45) is 17.0. The summed E-state index contributed by atoms with van der Waals surface area (Å²) in [6, 6.07) is 0. The molecule has 0 aromatic carbocycles. The van der Waals surface area contributed by atoms with Crippen molar-refractivity contribution in [3.8, 4) is 0 Å². The number of ether oxygens (including phenoxy) is 2. The van der Waals surface area contributed by atoms with Crippen LogP contribution < -0.4 is 0 Å². The molecule has 0 aromatic heterocycles. The number of carbonyl (C=O) groups is 2. The van der Waals surface area contributed by atoms with Crippen molar-refractivity contribution < 1.29 is 19.1 Å². The summed E-state index contributed by atoms with van der Waals surface area (Å²) in [7, 11) is 0. The minimum atomic E-state index is -0.342. The van der Waals surface area contributed by atoms with E-state index >= 15 is 0 Å². The first-order valence-corrected chi connectivity index (χ1v) is 13.8. The van der Waals surface area contributed by atoms with E-state index in [1.54, 1.807) is 0 Å². The van der Waals surface area contributed by atoms with E-state index in [1.807, 2.05) is 41.5 Å². The molecule has 0 bridgehead atoms. The molecular formula is C29H54O4. The van der Waals surface area contributed by atoms with E-state index in [1.165, 1.54) is 57.8 Å². The summed E-state index contributed by atoms with van der Waals surface area (Å²) in [6.45, 7) is 16.2. The Labute approximate surface area is 205 Å². The fourth-order valence-corrected chi connectivity index (χ4v) is 4.35. The largest absolute Gasteiger partial charge is 0.459 e. The number of hydrogen-bond donors (Lipinski definition) is 0. The van der Waals surface area contributed by atoms with Crippen LogP contribution in [0.2, 0.25) is 0 Å². The highest BCUT2D eigenvalue weighted by atomic mass is 16.6. The van der Waals surface area contributed by atoms with Gasteiger partial charge in [0.2, 0.25) is 0 Å². The summed E-state index contributed by atoms with van der Waals surface area (Å²) in [5.74, 6) is -0.0533. The van der Waals surface area contributed by atoms with Crippen molar-refractivity contribution in [2.75, 3.05) is 0 Å². The van der Waals surface area contributed by atoms with E-state index in [0.717, 1.165) is 38.5 Å². The van der Waals surface area contributed by atoms with Crippen molar-refractivity contribution in [3.05, 3.63) is 0 Å². The standard InChI is InChI=1S/C15H28O2.C14H26O2/c1-5-14(2,3)13(16)17-15(4)11-9-7-6-8-10-12-15;1-5-13(2,3)12(15)16-14(4)10-8-6-7-9-11-14/h5-12H2,1-4H3;5-11H2,1-4H3. The molecule has 2 aliphatic rings. The van der Waals surface area contributed by atoms with Gasteiger partial charge in [0.1, 0.15) is 11.2 Å². The fraction of sp³-hybridized carbons (Fsp3) is 0.931. The minimum absolute atomic E-state index is 0.0249. The first-order chi connectivity index (χ1) is 15.3. The normalized spacial score (nSPS) is 21.3. The van der Waals surface area contributed by atoms with Gasteiger partial charge < -0.3 is 9.47 Å². The predicted molar refractivity (Wildman–Crippen MR) is 137 cm³/mol. The summed E-state index contributed by atoms with van der Waals surface area (Å²) in [5, 5.41) is 0. The van der Waals surface area contributed by atoms with Crippen LogP contribution in [-0.4, -0.2) is 23.1 Å². The Bertz CT molecular complexity index is 589. The lowest BCUT2D eigenvalue weighted by molar-refractivity contribution is -0.171. The van der Waals surface area contributed by atoms with Crippen LogP contribution in [0.4, 0.5) is 0 Å². The second kappa shape index (κ2) is 13.1. The third-order valence-corrected chi connectivity index (χ3v) is 8.12. The molecule has 0 N–H and O–H groups in total. The maximum atomic E-state index is 12.1. The zero-order valence-electron chi connectivity index (χ0n) is 23.2. The summed E-state index contributed by atoms with van der Waals surface area (Å²) >= 11 is 0. The Morgan fingerprint density at radius 2 is 0.818 bits per heavy atom. The lowest BCUT2D eigenvalue weighted by Crippen LogP contribution is -2.38. The molecule has 2 rings (SSSR count). The van der Waals surface area contributed by atoms with E-state index in [9.17, 15) is 9.59 Å². The molecule has 0 heterocycles. The van der Waals surface area contributed by atoms with E-state index in [4.69, 9.17) is 9.47 Å². The molecule has 0 amide bonds. The van der Waals surface area contributed by atoms with Crippen LogP contribution in [0.1, 0.15) is 152 Å². The predicted octanol–water partition coefficient (Wildman–Crippen LogP) is 8.55. The van der Waals surface area contributed by atoms with Gasteiger partial charge >= 0.3 is 11.9 Å². The van der Waals surface area contributed by atoms with E-state index in [-0.39, 0.29) is 34.0 Å². The zero-order valence-corrected chi connectivity index (χ0v) is 23.2. The molecule has 33 heavy (non-hydrogen) atoms. The van der Waals surface area contributed by atoms with Crippen molar-refractivity contribution >= 4 is 11.9 Å². The average Bonchev–Trinajstić information content (AvgIpc) is 2.95. The Kier molecular flexibility index (Phi) is 11.9. The molecule has 4 nitrogen and oxygen atoms in total. The summed E-state index contributed by atoms with van der Waals surface area (Å²) < 4.78 is 11.6. The minimum Gasteiger partial charge on any atom is -0.459 e. The molecule has 2 saturated carbocycles. The van der Waals surface area contributed by atoms with Crippen LogP contribution in [-0.2, 0) is 19.1 Å².